The summed E-state index contributed by atoms with van der Waals surface area (Å²) in [6.07, 6.45) is 3.67. The number of nitrogens with zero attached hydrogens (tertiary/aromatic N) is 4. The van der Waals surface area contributed by atoms with E-state index >= 15 is 0 Å². The van der Waals surface area contributed by atoms with Crippen molar-refractivity contribution in [1.82, 2.24) is 19.8 Å². The number of ether oxygens (including phenoxy) is 1. The van der Waals surface area contributed by atoms with Crippen LogP contribution < -0.4 is 4.74 Å². The van der Waals surface area contributed by atoms with E-state index in [9.17, 15) is 4.79 Å². The first-order valence-corrected chi connectivity index (χ1v) is 9.15. The van der Waals surface area contributed by atoms with E-state index in [4.69, 9.17) is 9.26 Å². The predicted octanol–water partition coefficient (Wildman–Crippen LogP) is 3.54. The molecule has 3 heterocycles. The zero-order valence-electron chi connectivity index (χ0n) is 15.5. The molecule has 27 heavy (non-hydrogen) atoms. The summed E-state index contributed by atoms with van der Waals surface area (Å²) in [5.41, 5.74) is 2.15. The lowest BCUT2D eigenvalue weighted by atomic mass is 10.1. The van der Waals surface area contributed by atoms with Gasteiger partial charge in [-0.15, -0.1) is 0 Å². The van der Waals surface area contributed by atoms with Gasteiger partial charge >= 0.3 is 0 Å². The van der Waals surface area contributed by atoms with Crippen LogP contribution in [0.15, 0.2) is 47.1 Å². The number of methoxy groups -OCH3 is 1. The average molecular weight is 366 g/mol. The summed E-state index contributed by atoms with van der Waals surface area (Å²) >= 11 is 0. The van der Waals surface area contributed by atoms with Crippen molar-refractivity contribution in [3.8, 4) is 17.1 Å². The molecule has 0 saturated carbocycles. The first kappa shape index (κ1) is 17.3. The van der Waals surface area contributed by atoms with Crippen molar-refractivity contribution in [2.45, 2.75) is 32.4 Å². The molecule has 4 rings (SSSR count). The van der Waals surface area contributed by atoms with Crippen LogP contribution in [0.5, 0.6) is 5.75 Å². The number of benzene rings is 1. The fourth-order valence-corrected chi connectivity index (χ4v) is 3.71. The monoisotopic (exact) mass is 366 g/mol. The highest BCUT2D eigenvalue weighted by molar-refractivity contribution is 5.93. The normalized spacial score (nSPS) is 16.7. The van der Waals surface area contributed by atoms with Gasteiger partial charge in [0.15, 0.2) is 11.5 Å². The fraction of sp³-hybridized carbons (Fsp3) is 0.350. The maximum absolute atomic E-state index is 13.1. The molecular formula is C20H22N4O3. The molecule has 1 aliphatic heterocycles. The van der Waals surface area contributed by atoms with Crippen molar-refractivity contribution in [3.63, 3.8) is 0 Å². The Hall–Kier alpha value is -3.09. The van der Waals surface area contributed by atoms with E-state index in [1.165, 1.54) is 0 Å². The number of carbonyl (C=O) groups is 1. The topological polar surface area (TPSA) is 73.4 Å². The Kier molecular flexibility index (Phi) is 4.66. The lowest BCUT2D eigenvalue weighted by Gasteiger charge is -2.24. The zero-order chi connectivity index (χ0) is 18.8. The van der Waals surface area contributed by atoms with Gasteiger partial charge in [-0.1, -0.05) is 17.3 Å². The number of carbonyl (C=O) groups excluding carboxylic acids is 1. The van der Waals surface area contributed by atoms with Gasteiger partial charge in [0.2, 0.25) is 0 Å². The zero-order valence-corrected chi connectivity index (χ0v) is 15.5. The van der Waals surface area contributed by atoms with Crippen LogP contribution in [0.3, 0.4) is 0 Å². The number of likely N-dealkylation sites (tertiary alicyclic amines) is 1. The molecule has 140 valence electrons. The number of rotatable bonds is 5. The molecule has 1 amide bonds. The molecule has 0 aliphatic carbocycles. The Bertz CT molecular complexity index is 946. The van der Waals surface area contributed by atoms with Crippen LogP contribution in [-0.4, -0.2) is 39.4 Å². The molecule has 0 bridgehead atoms. The number of hydrogen-bond acceptors (Lipinski definition) is 5. The van der Waals surface area contributed by atoms with Gasteiger partial charge in [0, 0.05) is 25.4 Å². The highest BCUT2D eigenvalue weighted by Crippen LogP contribution is 2.34. The van der Waals surface area contributed by atoms with Crippen molar-refractivity contribution in [1.29, 1.82) is 0 Å². The first-order chi connectivity index (χ1) is 13.2. The Balaban J connectivity index is 1.61. The SMILES string of the molecule is CCn1nccc1[C@@H]1CCCN1C(=O)c1cc(-c2ccccc2OC)on1. The molecule has 7 nitrogen and oxygen atoms in total. The Morgan fingerprint density at radius 3 is 3.00 bits per heavy atom. The lowest BCUT2D eigenvalue weighted by Crippen LogP contribution is -2.32. The Labute approximate surface area is 157 Å². The van der Waals surface area contributed by atoms with Crippen LogP contribution in [0, 0.1) is 0 Å². The second kappa shape index (κ2) is 7.26. The maximum atomic E-state index is 13.1. The van der Waals surface area contributed by atoms with Gasteiger partial charge in [0.05, 0.1) is 24.4 Å². The summed E-state index contributed by atoms with van der Waals surface area (Å²) < 4.78 is 12.8. The number of aromatic nitrogens is 3. The van der Waals surface area contributed by atoms with E-state index in [2.05, 4.69) is 17.2 Å². The minimum atomic E-state index is -0.119. The smallest absolute Gasteiger partial charge is 0.276 e. The second-order valence-electron chi connectivity index (χ2n) is 6.51. The van der Waals surface area contributed by atoms with Crippen LogP contribution in [0.4, 0.5) is 0 Å². The third-order valence-corrected chi connectivity index (χ3v) is 5.01. The van der Waals surface area contributed by atoms with Crippen LogP contribution in [0.1, 0.15) is 42.0 Å². The molecule has 1 aliphatic rings. The van der Waals surface area contributed by atoms with Gasteiger partial charge in [-0.3, -0.25) is 9.48 Å². The highest BCUT2D eigenvalue weighted by atomic mass is 16.5. The number of aryl methyl sites for hydroxylation is 1. The standard InChI is InChI=1S/C20H22N4O3/c1-3-24-17(10-11-21-24)16-8-6-12-23(16)20(25)15-13-19(27-22-15)14-7-4-5-9-18(14)26-2/h4-5,7,9-11,13,16H,3,6,8,12H2,1-2H3/t16-/m0/s1. The van der Waals surface area contributed by atoms with Crippen molar-refractivity contribution in [2.75, 3.05) is 13.7 Å². The van der Waals surface area contributed by atoms with Crippen LogP contribution in [0.25, 0.3) is 11.3 Å². The molecule has 3 aromatic rings. The number of para-hydroxylation sites is 1. The van der Waals surface area contributed by atoms with E-state index in [-0.39, 0.29) is 11.9 Å². The molecule has 0 unspecified atom stereocenters. The largest absolute Gasteiger partial charge is 0.496 e. The number of hydrogen-bond donors (Lipinski definition) is 0. The highest BCUT2D eigenvalue weighted by Gasteiger charge is 2.34. The van der Waals surface area contributed by atoms with E-state index < -0.39 is 0 Å². The molecular weight excluding hydrogens is 344 g/mol. The summed E-state index contributed by atoms with van der Waals surface area (Å²) in [6.45, 7) is 3.53. The molecule has 1 atom stereocenters. The van der Waals surface area contributed by atoms with Crippen molar-refractivity contribution >= 4 is 5.91 Å². The summed E-state index contributed by atoms with van der Waals surface area (Å²) in [4.78, 5) is 15.0. The quantitative estimate of drug-likeness (QED) is 0.690. The molecule has 1 fully saturated rings. The minimum absolute atomic E-state index is 0.0198. The molecule has 2 aromatic heterocycles. The lowest BCUT2D eigenvalue weighted by molar-refractivity contribution is 0.0719. The van der Waals surface area contributed by atoms with Crippen LogP contribution in [0.2, 0.25) is 0 Å². The van der Waals surface area contributed by atoms with Gasteiger partial charge in [-0.05, 0) is 38.0 Å². The summed E-state index contributed by atoms with van der Waals surface area (Å²) in [5, 5.41) is 8.37. The first-order valence-electron chi connectivity index (χ1n) is 9.15. The summed E-state index contributed by atoms with van der Waals surface area (Å²) in [7, 11) is 1.60. The van der Waals surface area contributed by atoms with Gasteiger partial charge < -0.3 is 14.2 Å². The second-order valence-corrected chi connectivity index (χ2v) is 6.51. The van der Waals surface area contributed by atoms with Crippen molar-refractivity contribution in [2.24, 2.45) is 0 Å². The maximum Gasteiger partial charge on any atom is 0.276 e. The molecule has 1 aromatic carbocycles. The van der Waals surface area contributed by atoms with Gasteiger partial charge in [-0.25, -0.2) is 0 Å². The molecule has 0 radical (unpaired) electrons. The van der Waals surface area contributed by atoms with Crippen molar-refractivity contribution in [3.05, 3.63) is 54.0 Å². The fourth-order valence-electron chi connectivity index (χ4n) is 3.71. The van der Waals surface area contributed by atoms with Crippen molar-refractivity contribution < 1.29 is 14.1 Å². The molecule has 0 spiro atoms. The van der Waals surface area contributed by atoms with Crippen LogP contribution in [-0.2, 0) is 6.54 Å². The van der Waals surface area contributed by atoms with E-state index in [1.54, 1.807) is 19.4 Å². The van der Waals surface area contributed by atoms with Gasteiger partial charge in [0.25, 0.3) is 5.91 Å². The minimum Gasteiger partial charge on any atom is -0.496 e. The van der Waals surface area contributed by atoms with E-state index in [1.807, 2.05) is 39.9 Å². The van der Waals surface area contributed by atoms with Gasteiger partial charge in [0.1, 0.15) is 5.75 Å². The van der Waals surface area contributed by atoms with Gasteiger partial charge in [-0.2, -0.15) is 5.10 Å². The summed E-state index contributed by atoms with van der Waals surface area (Å²) in [5.74, 6) is 1.08. The van der Waals surface area contributed by atoms with E-state index in [0.29, 0.717) is 23.7 Å². The molecule has 1 saturated heterocycles. The Morgan fingerprint density at radius 1 is 1.33 bits per heavy atom. The Morgan fingerprint density at radius 2 is 2.19 bits per heavy atom. The summed E-state index contributed by atoms with van der Waals surface area (Å²) in [6, 6.07) is 11.2. The van der Waals surface area contributed by atoms with E-state index in [0.717, 1.165) is 30.6 Å². The van der Waals surface area contributed by atoms with Crippen LogP contribution >= 0.6 is 0 Å². The predicted molar refractivity (Wildman–Crippen MR) is 99.4 cm³/mol. The molecule has 7 heteroatoms. The number of amides is 1. The average Bonchev–Trinajstić information content (AvgIpc) is 3.46. The third-order valence-electron chi connectivity index (χ3n) is 5.01. The third kappa shape index (κ3) is 3.09. The molecule has 0 N–H and O–H groups in total.